The van der Waals surface area contributed by atoms with Gasteiger partial charge in [0.1, 0.15) is 0 Å². The summed E-state index contributed by atoms with van der Waals surface area (Å²) in [6, 6.07) is 14.4. The molecule has 0 unspecified atom stereocenters. The molecule has 0 saturated carbocycles. The Morgan fingerprint density at radius 1 is 1.08 bits per heavy atom. The first-order valence-electron chi connectivity index (χ1n) is 7.99. The summed E-state index contributed by atoms with van der Waals surface area (Å²) in [5.41, 5.74) is 3.21. The Hall–Kier alpha value is -2.22. The Kier molecular flexibility index (Phi) is 6.69. The van der Waals surface area contributed by atoms with E-state index in [0.29, 0.717) is 19.5 Å². The maximum Gasteiger partial charge on any atom is 0.238 e. The Morgan fingerprint density at radius 3 is 2.44 bits per heavy atom. The Balaban J connectivity index is 1.67. The van der Waals surface area contributed by atoms with Crippen molar-refractivity contribution in [3.8, 4) is 0 Å². The van der Waals surface area contributed by atoms with E-state index in [2.05, 4.69) is 10.6 Å². The van der Waals surface area contributed by atoms with Crippen LogP contribution in [0, 0.1) is 6.92 Å². The normalized spacial score (nSPS) is 11.3. The Morgan fingerprint density at radius 2 is 1.80 bits per heavy atom. The van der Waals surface area contributed by atoms with E-state index in [4.69, 9.17) is 5.14 Å². The van der Waals surface area contributed by atoms with E-state index in [1.165, 1.54) is 17.7 Å². The number of hydrogen-bond acceptors (Lipinski definition) is 4. The van der Waals surface area contributed by atoms with Crippen molar-refractivity contribution in [3.63, 3.8) is 0 Å². The molecule has 4 N–H and O–H groups in total. The largest absolute Gasteiger partial charge is 0.351 e. The Labute approximate surface area is 148 Å². The molecule has 0 fully saturated rings. The number of rotatable bonds is 8. The molecule has 2 aromatic carbocycles. The summed E-state index contributed by atoms with van der Waals surface area (Å²) in [5.74, 6) is -0.0638. The highest BCUT2D eigenvalue weighted by Gasteiger charge is 2.06. The molecular weight excluding hydrogens is 338 g/mol. The average Bonchev–Trinajstić information content (AvgIpc) is 2.57. The average molecular weight is 361 g/mol. The Bertz CT molecular complexity index is 818. The van der Waals surface area contributed by atoms with E-state index in [9.17, 15) is 13.2 Å². The standard InChI is InChI=1S/C18H23N3O3S/c1-14-3-2-4-16(11-14)12-21-18(22)13-20-10-9-15-5-7-17(8-6-15)25(19,23)24/h2-8,11,20H,9-10,12-13H2,1H3,(H,21,22)(H2,19,23,24). The minimum atomic E-state index is -3.66. The van der Waals surface area contributed by atoms with Crippen LogP contribution >= 0.6 is 0 Å². The van der Waals surface area contributed by atoms with Gasteiger partial charge in [-0.1, -0.05) is 42.0 Å². The second-order valence-corrected chi connectivity index (χ2v) is 7.44. The van der Waals surface area contributed by atoms with Crippen molar-refractivity contribution < 1.29 is 13.2 Å². The topological polar surface area (TPSA) is 101 Å². The number of sulfonamides is 1. The van der Waals surface area contributed by atoms with Crippen LogP contribution in [0.4, 0.5) is 0 Å². The molecular formula is C18H23N3O3S. The fraction of sp³-hybridized carbons (Fsp3) is 0.278. The van der Waals surface area contributed by atoms with Crippen molar-refractivity contribution in [2.75, 3.05) is 13.1 Å². The van der Waals surface area contributed by atoms with Crippen molar-refractivity contribution in [1.29, 1.82) is 0 Å². The van der Waals surface area contributed by atoms with Gasteiger partial charge < -0.3 is 10.6 Å². The highest BCUT2D eigenvalue weighted by molar-refractivity contribution is 7.89. The van der Waals surface area contributed by atoms with Gasteiger partial charge in [-0.3, -0.25) is 4.79 Å². The monoisotopic (exact) mass is 361 g/mol. The highest BCUT2D eigenvalue weighted by Crippen LogP contribution is 2.08. The van der Waals surface area contributed by atoms with Gasteiger partial charge in [-0.15, -0.1) is 0 Å². The molecule has 25 heavy (non-hydrogen) atoms. The van der Waals surface area contributed by atoms with Crippen LogP contribution in [-0.4, -0.2) is 27.4 Å². The molecule has 0 bridgehead atoms. The zero-order valence-electron chi connectivity index (χ0n) is 14.2. The molecule has 6 nitrogen and oxygen atoms in total. The van der Waals surface area contributed by atoms with Gasteiger partial charge in [0.05, 0.1) is 11.4 Å². The van der Waals surface area contributed by atoms with Crippen molar-refractivity contribution >= 4 is 15.9 Å². The van der Waals surface area contributed by atoms with E-state index < -0.39 is 10.0 Å². The predicted molar refractivity (Wildman–Crippen MR) is 97.4 cm³/mol. The number of amides is 1. The van der Waals surface area contributed by atoms with E-state index in [1.807, 2.05) is 31.2 Å². The molecule has 2 rings (SSSR count). The van der Waals surface area contributed by atoms with Gasteiger partial charge in [-0.25, -0.2) is 13.6 Å². The third kappa shape index (κ3) is 6.66. The number of nitrogens with one attached hydrogen (secondary N) is 2. The summed E-state index contributed by atoms with van der Waals surface area (Å²) < 4.78 is 22.4. The summed E-state index contributed by atoms with van der Waals surface area (Å²) >= 11 is 0. The van der Waals surface area contributed by atoms with E-state index in [1.54, 1.807) is 12.1 Å². The van der Waals surface area contributed by atoms with E-state index in [0.717, 1.165) is 11.1 Å². The number of aryl methyl sites for hydroxylation is 1. The molecule has 134 valence electrons. The first-order valence-corrected chi connectivity index (χ1v) is 9.54. The van der Waals surface area contributed by atoms with Gasteiger partial charge in [0.25, 0.3) is 0 Å². The molecule has 7 heteroatoms. The van der Waals surface area contributed by atoms with Crippen LogP contribution in [-0.2, 0) is 27.8 Å². The van der Waals surface area contributed by atoms with Crippen molar-refractivity contribution in [3.05, 3.63) is 65.2 Å². The van der Waals surface area contributed by atoms with E-state index in [-0.39, 0.29) is 17.3 Å². The molecule has 0 aromatic heterocycles. The SMILES string of the molecule is Cc1cccc(CNC(=O)CNCCc2ccc(S(N)(=O)=O)cc2)c1. The molecule has 0 aliphatic rings. The lowest BCUT2D eigenvalue weighted by Crippen LogP contribution is -2.34. The van der Waals surface area contributed by atoms with Gasteiger partial charge in [-0.2, -0.15) is 0 Å². The maximum absolute atomic E-state index is 11.8. The molecule has 0 aliphatic carbocycles. The number of hydrogen-bond donors (Lipinski definition) is 3. The van der Waals surface area contributed by atoms with Crippen LogP contribution < -0.4 is 15.8 Å². The zero-order chi connectivity index (χ0) is 18.3. The third-order valence-corrected chi connectivity index (χ3v) is 4.63. The lowest BCUT2D eigenvalue weighted by Gasteiger charge is -2.08. The minimum absolute atomic E-state index is 0.0638. The second-order valence-electron chi connectivity index (χ2n) is 5.88. The van der Waals surface area contributed by atoms with Crippen LogP contribution in [0.3, 0.4) is 0 Å². The quantitative estimate of drug-likeness (QED) is 0.613. The summed E-state index contributed by atoms with van der Waals surface area (Å²) in [6.45, 7) is 3.38. The summed E-state index contributed by atoms with van der Waals surface area (Å²) in [5, 5.41) is 11.0. The smallest absolute Gasteiger partial charge is 0.238 e. The zero-order valence-corrected chi connectivity index (χ0v) is 15.0. The molecule has 0 heterocycles. The first-order chi connectivity index (χ1) is 11.8. The molecule has 1 amide bonds. The van der Waals surface area contributed by atoms with Gasteiger partial charge in [0.2, 0.25) is 15.9 Å². The predicted octanol–water partition coefficient (Wildman–Crippen LogP) is 1.09. The first kappa shape index (κ1) is 19.1. The highest BCUT2D eigenvalue weighted by atomic mass is 32.2. The number of primary sulfonamides is 1. The van der Waals surface area contributed by atoms with Crippen LogP contribution in [0.2, 0.25) is 0 Å². The lowest BCUT2D eigenvalue weighted by atomic mass is 10.1. The van der Waals surface area contributed by atoms with Crippen LogP contribution in [0.15, 0.2) is 53.4 Å². The molecule has 0 saturated heterocycles. The van der Waals surface area contributed by atoms with Crippen molar-refractivity contribution in [1.82, 2.24) is 10.6 Å². The summed E-state index contributed by atoms with van der Waals surface area (Å²) in [6.07, 6.45) is 0.691. The maximum atomic E-state index is 11.8. The number of benzene rings is 2. The number of nitrogens with two attached hydrogens (primary N) is 1. The third-order valence-electron chi connectivity index (χ3n) is 3.70. The number of carbonyl (C=O) groups is 1. The number of carbonyl (C=O) groups excluding carboxylic acids is 1. The molecule has 0 atom stereocenters. The fourth-order valence-electron chi connectivity index (χ4n) is 2.37. The van der Waals surface area contributed by atoms with Crippen LogP contribution in [0.25, 0.3) is 0 Å². The molecule has 0 radical (unpaired) electrons. The van der Waals surface area contributed by atoms with Crippen LogP contribution in [0.5, 0.6) is 0 Å². The van der Waals surface area contributed by atoms with Gasteiger partial charge in [0, 0.05) is 6.54 Å². The lowest BCUT2D eigenvalue weighted by molar-refractivity contribution is -0.120. The molecule has 0 spiro atoms. The summed E-state index contributed by atoms with van der Waals surface area (Å²) in [7, 11) is -3.66. The molecule has 2 aromatic rings. The van der Waals surface area contributed by atoms with Gasteiger partial charge in [0.15, 0.2) is 0 Å². The van der Waals surface area contributed by atoms with Crippen LogP contribution in [0.1, 0.15) is 16.7 Å². The van der Waals surface area contributed by atoms with Crippen molar-refractivity contribution in [2.45, 2.75) is 24.8 Å². The van der Waals surface area contributed by atoms with E-state index >= 15 is 0 Å². The second kappa shape index (κ2) is 8.75. The summed E-state index contributed by atoms with van der Waals surface area (Å²) in [4.78, 5) is 11.9. The van der Waals surface area contributed by atoms with Crippen molar-refractivity contribution in [2.24, 2.45) is 5.14 Å². The van der Waals surface area contributed by atoms with Gasteiger partial charge >= 0.3 is 0 Å². The molecule has 0 aliphatic heterocycles. The van der Waals surface area contributed by atoms with Gasteiger partial charge in [-0.05, 0) is 43.1 Å². The fourth-order valence-corrected chi connectivity index (χ4v) is 2.88. The minimum Gasteiger partial charge on any atom is -0.351 e.